The predicted molar refractivity (Wildman–Crippen MR) is 64.9 cm³/mol. The second kappa shape index (κ2) is 4.45. The number of rotatable bonds is 5. The zero-order chi connectivity index (χ0) is 13.3. The molecule has 2 N–H and O–H groups in total. The molecule has 1 aromatic carbocycles. The topological polar surface area (TPSA) is 110 Å². The highest BCUT2D eigenvalue weighted by Crippen LogP contribution is 2.32. The molecule has 0 aromatic heterocycles. The van der Waals surface area contributed by atoms with Gasteiger partial charge in [-0.2, -0.15) is 0 Å². The first-order chi connectivity index (χ1) is 8.37. The van der Waals surface area contributed by atoms with Crippen LogP contribution in [0.3, 0.4) is 0 Å². The molecule has 0 spiro atoms. The molecule has 1 aliphatic rings. The number of nitro groups is 1. The first kappa shape index (κ1) is 12.6. The molecule has 0 unspecified atom stereocenters. The molecule has 0 amide bonds. The molecule has 0 heterocycles. The molecule has 98 valence electrons. The maximum atomic E-state index is 11.7. The number of sulfonamides is 1. The Morgan fingerprint density at radius 3 is 2.61 bits per heavy atom. The summed E-state index contributed by atoms with van der Waals surface area (Å²) in [6.07, 6.45) is 1.79. The van der Waals surface area contributed by atoms with Crippen molar-refractivity contribution in [1.29, 1.82) is 0 Å². The Balaban J connectivity index is 2.16. The molecule has 0 bridgehead atoms. The van der Waals surface area contributed by atoms with Crippen molar-refractivity contribution < 1.29 is 18.4 Å². The molecule has 1 aromatic rings. The number of phenolic OH excluding ortho intramolecular Hbond substituents is 1. The third-order valence-electron chi connectivity index (χ3n) is 2.61. The Morgan fingerprint density at radius 2 is 2.11 bits per heavy atom. The summed E-state index contributed by atoms with van der Waals surface area (Å²) in [5.41, 5.74) is -0.334. The SMILES string of the molecule is O=[N+]([O-])c1ccc(NS(=O)(=O)CC2CC2)c(O)c1. The fraction of sp³-hybridized carbons (Fsp3) is 0.400. The van der Waals surface area contributed by atoms with Crippen molar-refractivity contribution in [2.75, 3.05) is 10.5 Å². The van der Waals surface area contributed by atoms with Gasteiger partial charge in [-0.1, -0.05) is 0 Å². The molecule has 1 fully saturated rings. The van der Waals surface area contributed by atoms with Crippen molar-refractivity contribution in [3.63, 3.8) is 0 Å². The van der Waals surface area contributed by atoms with Crippen molar-refractivity contribution in [2.45, 2.75) is 12.8 Å². The third kappa shape index (κ3) is 3.10. The largest absolute Gasteiger partial charge is 0.505 e. The van der Waals surface area contributed by atoms with Crippen LogP contribution in [0, 0.1) is 16.0 Å². The molecule has 0 radical (unpaired) electrons. The molecule has 1 aliphatic carbocycles. The number of nitro benzene ring substituents is 1. The van der Waals surface area contributed by atoms with Gasteiger partial charge in [0.25, 0.3) is 5.69 Å². The number of non-ortho nitro benzene ring substituents is 1. The van der Waals surface area contributed by atoms with Crippen LogP contribution < -0.4 is 4.72 Å². The number of aromatic hydroxyl groups is 1. The van der Waals surface area contributed by atoms with E-state index in [1.165, 1.54) is 6.07 Å². The molecule has 2 rings (SSSR count). The fourth-order valence-electron chi connectivity index (χ4n) is 1.52. The quantitative estimate of drug-likeness (QED) is 0.479. The lowest BCUT2D eigenvalue weighted by atomic mass is 10.3. The first-order valence-corrected chi connectivity index (χ1v) is 7.00. The van der Waals surface area contributed by atoms with Crippen LogP contribution >= 0.6 is 0 Å². The van der Waals surface area contributed by atoms with E-state index in [4.69, 9.17) is 0 Å². The number of nitrogens with zero attached hydrogens (tertiary/aromatic N) is 1. The highest BCUT2D eigenvalue weighted by atomic mass is 32.2. The molecule has 7 nitrogen and oxygen atoms in total. The van der Waals surface area contributed by atoms with Crippen molar-refractivity contribution in [3.05, 3.63) is 28.3 Å². The number of benzene rings is 1. The number of hydrogen-bond donors (Lipinski definition) is 2. The summed E-state index contributed by atoms with van der Waals surface area (Å²) in [4.78, 5) is 9.79. The van der Waals surface area contributed by atoms with Gasteiger partial charge in [0, 0.05) is 6.07 Å². The van der Waals surface area contributed by atoms with Gasteiger partial charge in [0.15, 0.2) is 0 Å². The first-order valence-electron chi connectivity index (χ1n) is 5.35. The van der Waals surface area contributed by atoms with E-state index in [9.17, 15) is 23.6 Å². The van der Waals surface area contributed by atoms with Gasteiger partial charge in [-0.3, -0.25) is 14.8 Å². The molecule has 18 heavy (non-hydrogen) atoms. The van der Waals surface area contributed by atoms with Gasteiger partial charge >= 0.3 is 0 Å². The van der Waals surface area contributed by atoms with Gasteiger partial charge in [-0.15, -0.1) is 0 Å². The predicted octanol–water partition coefficient (Wildman–Crippen LogP) is 1.45. The van der Waals surface area contributed by atoms with E-state index in [-0.39, 0.29) is 23.0 Å². The fourth-order valence-corrected chi connectivity index (χ4v) is 3.07. The van der Waals surface area contributed by atoms with Crippen LogP contribution in [0.15, 0.2) is 18.2 Å². The maximum Gasteiger partial charge on any atom is 0.273 e. The molecule has 8 heteroatoms. The zero-order valence-electron chi connectivity index (χ0n) is 9.37. The smallest absolute Gasteiger partial charge is 0.273 e. The van der Waals surface area contributed by atoms with Crippen LogP contribution in [0.5, 0.6) is 5.75 Å². The lowest BCUT2D eigenvalue weighted by Gasteiger charge is -2.08. The van der Waals surface area contributed by atoms with Gasteiger partial charge < -0.3 is 5.11 Å². The molecule has 0 saturated heterocycles. The van der Waals surface area contributed by atoms with Gasteiger partial charge in [0.05, 0.1) is 22.4 Å². The average Bonchev–Trinajstić information content (AvgIpc) is 3.03. The Morgan fingerprint density at radius 1 is 1.44 bits per heavy atom. The van der Waals surface area contributed by atoms with Crippen LogP contribution in [0.2, 0.25) is 0 Å². The minimum Gasteiger partial charge on any atom is -0.505 e. The number of hydrogen-bond acceptors (Lipinski definition) is 5. The summed E-state index contributed by atoms with van der Waals surface area (Å²) >= 11 is 0. The molecule has 0 atom stereocenters. The number of anilines is 1. The van der Waals surface area contributed by atoms with Crippen LogP contribution in [0.25, 0.3) is 0 Å². The number of phenols is 1. The van der Waals surface area contributed by atoms with E-state index >= 15 is 0 Å². The second-order valence-electron chi connectivity index (χ2n) is 4.29. The van der Waals surface area contributed by atoms with Gasteiger partial charge in [-0.05, 0) is 24.8 Å². The van der Waals surface area contributed by atoms with Gasteiger partial charge in [0.1, 0.15) is 5.75 Å². The normalized spacial score (nSPS) is 15.3. The lowest BCUT2D eigenvalue weighted by Crippen LogP contribution is -2.17. The zero-order valence-corrected chi connectivity index (χ0v) is 10.2. The summed E-state index contributed by atoms with van der Waals surface area (Å²) in [5, 5.41) is 20.0. The standard InChI is InChI=1S/C10H12N2O5S/c13-10-5-8(12(14)15)3-4-9(10)11-18(16,17)6-7-1-2-7/h3-5,7,11,13H,1-2,6H2. The Bertz CT molecular complexity index is 580. The Hall–Kier alpha value is -1.83. The van der Waals surface area contributed by atoms with E-state index in [0.29, 0.717) is 0 Å². The molecular weight excluding hydrogens is 260 g/mol. The monoisotopic (exact) mass is 272 g/mol. The summed E-state index contributed by atoms with van der Waals surface area (Å²) in [6.45, 7) is 0. The minimum atomic E-state index is -3.51. The van der Waals surface area contributed by atoms with Crippen LogP contribution in [-0.2, 0) is 10.0 Å². The second-order valence-corrected chi connectivity index (χ2v) is 6.05. The van der Waals surface area contributed by atoms with Gasteiger partial charge in [-0.25, -0.2) is 8.42 Å². The van der Waals surface area contributed by atoms with Crippen molar-refractivity contribution in [1.82, 2.24) is 0 Å². The highest BCUT2D eigenvalue weighted by Gasteiger charge is 2.28. The third-order valence-corrected chi connectivity index (χ3v) is 4.05. The van der Waals surface area contributed by atoms with E-state index in [1.54, 1.807) is 0 Å². The van der Waals surface area contributed by atoms with Crippen molar-refractivity contribution in [2.24, 2.45) is 5.92 Å². The van der Waals surface area contributed by atoms with Crippen LogP contribution in [-0.4, -0.2) is 24.2 Å². The number of nitrogens with one attached hydrogen (secondary N) is 1. The average molecular weight is 272 g/mol. The van der Waals surface area contributed by atoms with E-state index in [2.05, 4.69) is 4.72 Å². The summed E-state index contributed by atoms with van der Waals surface area (Å²) < 4.78 is 25.6. The maximum absolute atomic E-state index is 11.7. The summed E-state index contributed by atoms with van der Waals surface area (Å²) in [5.74, 6) is -0.255. The summed E-state index contributed by atoms with van der Waals surface area (Å²) in [6, 6.07) is 3.22. The Labute approximate surface area is 104 Å². The van der Waals surface area contributed by atoms with Crippen LogP contribution in [0.4, 0.5) is 11.4 Å². The lowest BCUT2D eigenvalue weighted by molar-refractivity contribution is -0.384. The van der Waals surface area contributed by atoms with Crippen LogP contribution in [0.1, 0.15) is 12.8 Å². The minimum absolute atomic E-state index is 0.0173. The molecule has 1 saturated carbocycles. The molecule has 0 aliphatic heterocycles. The highest BCUT2D eigenvalue weighted by molar-refractivity contribution is 7.92. The van der Waals surface area contributed by atoms with E-state index in [0.717, 1.165) is 25.0 Å². The molecular formula is C10H12N2O5S. The summed E-state index contributed by atoms with van der Waals surface area (Å²) in [7, 11) is -3.51. The van der Waals surface area contributed by atoms with E-state index in [1.807, 2.05) is 0 Å². The van der Waals surface area contributed by atoms with E-state index < -0.39 is 20.7 Å². The van der Waals surface area contributed by atoms with Crippen molar-refractivity contribution >= 4 is 21.4 Å². The van der Waals surface area contributed by atoms with Gasteiger partial charge in [0.2, 0.25) is 10.0 Å². The van der Waals surface area contributed by atoms with Crippen molar-refractivity contribution in [3.8, 4) is 5.75 Å². The Kier molecular flexibility index (Phi) is 3.12.